The number of aryl methyl sites for hydroxylation is 2. The number of thiazole rings is 1. The van der Waals surface area contributed by atoms with Crippen LogP contribution >= 0.6 is 11.3 Å². The zero-order valence-electron chi connectivity index (χ0n) is 13.1. The molecule has 2 aromatic heterocycles. The number of hydrogen-bond acceptors (Lipinski definition) is 4. The molecule has 1 aliphatic rings. The third kappa shape index (κ3) is 2.75. The van der Waals surface area contributed by atoms with E-state index in [1.165, 1.54) is 29.8 Å². The molecule has 0 fully saturated rings. The molecule has 0 amide bonds. The summed E-state index contributed by atoms with van der Waals surface area (Å²) in [6.07, 6.45) is 8.45. The van der Waals surface area contributed by atoms with Gasteiger partial charge in [-0.2, -0.15) is 0 Å². The van der Waals surface area contributed by atoms with Crippen LogP contribution in [0.5, 0.6) is 5.75 Å². The van der Waals surface area contributed by atoms with Gasteiger partial charge in [-0.1, -0.05) is 6.07 Å². The quantitative estimate of drug-likeness (QED) is 0.697. The van der Waals surface area contributed by atoms with Gasteiger partial charge in [-0.25, -0.2) is 4.98 Å². The first-order valence-corrected chi connectivity index (χ1v) is 8.74. The number of benzene rings is 1. The number of methoxy groups -OCH3 is 1. The molecule has 1 aliphatic carbocycles. The summed E-state index contributed by atoms with van der Waals surface area (Å²) >= 11 is 1.82. The van der Waals surface area contributed by atoms with Gasteiger partial charge in [0.05, 0.1) is 18.4 Å². The summed E-state index contributed by atoms with van der Waals surface area (Å²) < 4.78 is 5.58. The molecule has 23 heavy (non-hydrogen) atoms. The molecule has 1 aromatic carbocycles. The maximum absolute atomic E-state index is 5.58. The molecule has 0 aliphatic heterocycles. The fourth-order valence-corrected chi connectivity index (χ4v) is 4.24. The fraction of sp³-hybridized carbons (Fsp3) is 0.263. The zero-order valence-corrected chi connectivity index (χ0v) is 13.9. The second-order valence-corrected chi connectivity index (χ2v) is 6.83. The summed E-state index contributed by atoms with van der Waals surface area (Å²) in [7, 11) is 1.72. The van der Waals surface area contributed by atoms with Gasteiger partial charge in [0.1, 0.15) is 10.8 Å². The van der Waals surface area contributed by atoms with E-state index in [0.29, 0.717) is 0 Å². The van der Waals surface area contributed by atoms with Crippen LogP contribution in [0.25, 0.3) is 21.7 Å². The van der Waals surface area contributed by atoms with Crippen molar-refractivity contribution in [2.75, 3.05) is 7.11 Å². The number of nitrogens with zero attached hydrogens (tertiary/aromatic N) is 2. The van der Waals surface area contributed by atoms with Crippen LogP contribution in [0.15, 0.2) is 42.7 Å². The third-order valence-corrected chi connectivity index (χ3v) is 5.48. The highest BCUT2D eigenvalue weighted by atomic mass is 32.1. The van der Waals surface area contributed by atoms with Gasteiger partial charge in [0.25, 0.3) is 0 Å². The fourth-order valence-electron chi connectivity index (χ4n) is 3.07. The van der Waals surface area contributed by atoms with Gasteiger partial charge in [0, 0.05) is 17.3 Å². The van der Waals surface area contributed by atoms with Crippen molar-refractivity contribution < 1.29 is 4.74 Å². The molecule has 0 bridgehead atoms. The minimum absolute atomic E-state index is 0.883. The SMILES string of the molecule is COc1ccc(-c2ccncc2)cc1-c1nc2c(s1)CCCC2. The number of ether oxygens (including phenoxy) is 1. The van der Waals surface area contributed by atoms with E-state index in [1.54, 1.807) is 7.11 Å². The van der Waals surface area contributed by atoms with Crippen molar-refractivity contribution >= 4 is 11.3 Å². The zero-order chi connectivity index (χ0) is 15.6. The lowest BCUT2D eigenvalue weighted by molar-refractivity contribution is 0.416. The van der Waals surface area contributed by atoms with E-state index in [0.717, 1.165) is 33.9 Å². The first-order chi connectivity index (χ1) is 11.3. The predicted octanol–water partition coefficient (Wildman–Crippen LogP) is 4.76. The number of aromatic nitrogens is 2. The summed E-state index contributed by atoms with van der Waals surface area (Å²) in [6, 6.07) is 10.4. The molecular weight excluding hydrogens is 304 g/mol. The predicted molar refractivity (Wildman–Crippen MR) is 94.0 cm³/mol. The molecule has 0 unspecified atom stereocenters. The molecule has 4 rings (SSSR count). The van der Waals surface area contributed by atoms with Gasteiger partial charge in [-0.15, -0.1) is 11.3 Å². The van der Waals surface area contributed by atoms with Crippen molar-refractivity contribution in [1.29, 1.82) is 0 Å². The van der Waals surface area contributed by atoms with Gasteiger partial charge in [0.15, 0.2) is 0 Å². The molecule has 0 radical (unpaired) electrons. The first kappa shape index (κ1) is 14.4. The summed E-state index contributed by atoms with van der Waals surface area (Å²) in [5.74, 6) is 0.883. The maximum atomic E-state index is 5.58. The van der Waals surface area contributed by atoms with Gasteiger partial charge < -0.3 is 4.74 Å². The molecule has 116 valence electrons. The number of rotatable bonds is 3. The highest BCUT2D eigenvalue weighted by Gasteiger charge is 2.18. The lowest BCUT2D eigenvalue weighted by Crippen LogP contribution is -1.98. The Balaban J connectivity index is 1.81. The molecule has 0 atom stereocenters. The molecule has 4 heteroatoms. The Bertz CT molecular complexity index is 803. The normalized spacial score (nSPS) is 13.6. The molecule has 0 N–H and O–H groups in total. The molecule has 2 heterocycles. The monoisotopic (exact) mass is 322 g/mol. The van der Waals surface area contributed by atoms with E-state index in [-0.39, 0.29) is 0 Å². The van der Waals surface area contributed by atoms with E-state index in [1.807, 2.05) is 41.9 Å². The summed E-state index contributed by atoms with van der Waals surface area (Å²) in [4.78, 5) is 10.4. The Hall–Kier alpha value is -2.20. The Morgan fingerprint density at radius 2 is 1.83 bits per heavy atom. The van der Waals surface area contributed by atoms with Gasteiger partial charge >= 0.3 is 0 Å². The van der Waals surface area contributed by atoms with E-state index < -0.39 is 0 Å². The number of hydrogen-bond donors (Lipinski definition) is 0. The highest BCUT2D eigenvalue weighted by molar-refractivity contribution is 7.15. The van der Waals surface area contributed by atoms with Gasteiger partial charge in [0.2, 0.25) is 0 Å². The second-order valence-electron chi connectivity index (χ2n) is 5.75. The molecule has 0 spiro atoms. The van der Waals surface area contributed by atoms with E-state index in [4.69, 9.17) is 9.72 Å². The molecule has 3 nitrogen and oxygen atoms in total. The lowest BCUT2D eigenvalue weighted by Gasteiger charge is -2.09. The second kappa shape index (κ2) is 6.13. The van der Waals surface area contributed by atoms with Crippen LogP contribution in [0, 0.1) is 0 Å². The minimum atomic E-state index is 0.883. The van der Waals surface area contributed by atoms with E-state index >= 15 is 0 Å². The van der Waals surface area contributed by atoms with E-state index in [2.05, 4.69) is 17.1 Å². The van der Waals surface area contributed by atoms with Crippen LogP contribution in [-0.2, 0) is 12.8 Å². The van der Waals surface area contributed by atoms with Crippen molar-refractivity contribution in [2.24, 2.45) is 0 Å². The van der Waals surface area contributed by atoms with Crippen LogP contribution in [0.3, 0.4) is 0 Å². The van der Waals surface area contributed by atoms with Gasteiger partial charge in [-0.05, 0) is 61.1 Å². The third-order valence-electron chi connectivity index (χ3n) is 4.29. The minimum Gasteiger partial charge on any atom is -0.496 e. The molecular formula is C19H18N2OS. The van der Waals surface area contributed by atoms with Crippen molar-refractivity contribution in [2.45, 2.75) is 25.7 Å². The van der Waals surface area contributed by atoms with Crippen molar-refractivity contribution in [1.82, 2.24) is 9.97 Å². The topological polar surface area (TPSA) is 35.0 Å². The highest BCUT2D eigenvalue weighted by Crippen LogP contribution is 2.39. The average molecular weight is 322 g/mol. The standard InChI is InChI=1S/C19H18N2OS/c1-22-17-7-6-14(13-8-10-20-11-9-13)12-15(17)19-21-16-4-2-3-5-18(16)23-19/h6-12H,2-5H2,1H3. The van der Waals surface area contributed by atoms with Crippen LogP contribution in [0.2, 0.25) is 0 Å². The summed E-state index contributed by atoms with van der Waals surface area (Å²) in [5.41, 5.74) is 4.69. The summed E-state index contributed by atoms with van der Waals surface area (Å²) in [6.45, 7) is 0. The van der Waals surface area contributed by atoms with Crippen LogP contribution in [0.4, 0.5) is 0 Å². The Morgan fingerprint density at radius 1 is 1.00 bits per heavy atom. The Morgan fingerprint density at radius 3 is 2.61 bits per heavy atom. The van der Waals surface area contributed by atoms with Gasteiger partial charge in [-0.3, -0.25) is 4.98 Å². The molecule has 0 saturated carbocycles. The van der Waals surface area contributed by atoms with Crippen LogP contribution in [-0.4, -0.2) is 17.1 Å². The number of fused-ring (bicyclic) bond motifs is 1. The lowest BCUT2D eigenvalue weighted by atomic mass is 10.0. The molecule has 0 saturated heterocycles. The largest absolute Gasteiger partial charge is 0.496 e. The average Bonchev–Trinajstić information content (AvgIpc) is 3.06. The van der Waals surface area contributed by atoms with Crippen molar-refractivity contribution in [3.05, 3.63) is 53.3 Å². The summed E-state index contributed by atoms with van der Waals surface area (Å²) in [5, 5.41) is 1.07. The van der Waals surface area contributed by atoms with Crippen LogP contribution < -0.4 is 4.74 Å². The Labute approximate surface area is 140 Å². The Kier molecular flexibility index (Phi) is 3.83. The van der Waals surface area contributed by atoms with Crippen molar-refractivity contribution in [3.8, 4) is 27.4 Å². The first-order valence-electron chi connectivity index (χ1n) is 7.92. The van der Waals surface area contributed by atoms with E-state index in [9.17, 15) is 0 Å². The maximum Gasteiger partial charge on any atom is 0.129 e. The smallest absolute Gasteiger partial charge is 0.129 e. The van der Waals surface area contributed by atoms with Crippen molar-refractivity contribution in [3.63, 3.8) is 0 Å². The molecule has 3 aromatic rings. The van der Waals surface area contributed by atoms with Crippen LogP contribution in [0.1, 0.15) is 23.4 Å². The number of pyridine rings is 1.